The van der Waals surface area contributed by atoms with Crippen LogP contribution in [0.25, 0.3) is 0 Å². The van der Waals surface area contributed by atoms with Gasteiger partial charge in [-0.25, -0.2) is 0 Å². The molecular formula is C14H27N3O2. The van der Waals surface area contributed by atoms with Gasteiger partial charge in [-0.15, -0.1) is 0 Å². The maximum atomic E-state index is 12.8. The molecule has 110 valence electrons. The van der Waals surface area contributed by atoms with Crippen LogP contribution in [0.15, 0.2) is 5.16 Å². The van der Waals surface area contributed by atoms with Gasteiger partial charge in [0, 0.05) is 12.6 Å². The largest absolute Gasteiger partial charge is 0.409 e. The lowest BCUT2D eigenvalue weighted by molar-refractivity contribution is -0.137. The van der Waals surface area contributed by atoms with Crippen molar-refractivity contribution in [2.45, 2.75) is 59.4 Å². The van der Waals surface area contributed by atoms with Crippen molar-refractivity contribution >= 4 is 11.7 Å². The molecule has 0 aromatic heterocycles. The summed E-state index contributed by atoms with van der Waals surface area (Å²) in [6.07, 6.45) is 3.25. The number of rotatable bonds is 7. The fraction of sp³-hybridized carbons (Fsp3) is 0.857. The van der Waals surface area contributed by atoms with Gasteiger partial charge in [0.1, 0.15) is 5.41 Å². The number of hydrogen-bond acceptors (Lipinski definition) is 3. The number of nitrogens with zero attached hydrogens (tertiary/aromatic N) is 2. The third-order valence-electron chi connectivity index (χ3n) is 3.96. The molecule has 1 saturated carbocycles. The Morgan fingerprint density at radius 3 is 2.21 bits per heavy atom. The molecule has 0 saturated heterocycles. The third kappa shape index (κ3) is 3.19. The van der Waals surface area contributed by atoms with E-state index < -0.39 is 5.41 Å². The van der Waals surface area contributed by atoms with Crippen LogP contribution in [0.5, 0.6) is 0 Å². The highest BCUT2D eigenvalue weighted by Gasteiger charge is 2.56. The van der Waals surface area contributed by atoms with E-state index in [-0.39, 0.29) is 17.8 Å². The molecular weight excluding hydrogens is 242 g/mol. The lowest BCUT2D eigenvalue weighted by Crippen LogP contribution is -2.49. The van der Waals surface area contributed by atoms with Crippen molar-refractivity contribution in [2.75, 3.05) is 6.54 Å². The van der Waals surface area contributed by atoms with Gasteiger partial charge in [0.15, 0.2) is 5.84 Å². The zero-order chi connectivity index (χ0) is 14.6. The minimum atomic E-state index is -0.730. The van der Waals surface area contributed by atoms with E-state index in [0.717, 1.165) is 19.4 Å². The van der Waals surface area contributed by atoms with Crippen LogP contribution in [-0.4, -0.2) is 34.4 Å². The monoisotopic (exact) mass is 269 g/mol. The lowest BCUT2D eigenvalue weighted by Gasteiger charge is -2.34. The Hall–Kier alpha value is -1.26. The SMILES string of the molecule is CCC(CC)N(CC(C)C)C(=O)C1(C(N)=NO)CC1. The quantitative estimate of drug-likeness (QED) is 0.322. The van der Waals surface area contributed by atoms with E-state index in [2.05, 4.69) is 32.9 Å². The average Bonchev–Trinajstić information content (AvgIpc) is 3.18. The summed E-state index contributed by atoms with van der Waals surface area (Å²) in [5.41, 5.74) is 4.99. The molecule has 0 aliphatic heterocycles. The second kappa shape index (κ2) is 6.26. The predicted molar refractivity (Wildman–Crippen MR) is 76.0 cm³/mol. The molecule has 3 N–H and O–H groups in total. The van der Waals surface area contributed by atoms with Crippen molar-refractivity contribution < 1.29 is 10.0 Å². The van der Waals surface area contributed by atoms with Crippen LogP contribution < -0.4 is 5.73 Å². The van der Waals surface area contributed by atoms with E-state index >= 15 is 0 Å². The number of carbonyl (C=O) groups excluding carboxylic acids is 1. The zero-order valence-electron chi connectivity index (χ0n) is 12.5. The summed E-state index contributed by atoms with van der Waals surface area (Å²) < 4.78 is 0. The summed E-state index contributed by atoms with van der Waals surface area (Å²) >= 11 is 0. The van der Waals surface area contributed by atoms with Crippen LogP contribution in [0, 0.1) is 11.3 Å². The fourth-order valence-electron chi connectivity index (χ4n) is 2.60. The van der Waals surface area contributed by atoms with E-state index in [1.807, 2.05) is 4.90 Å². The first kappa shape index (κ1) is 15.8. The zero-order valence-corrected chi connectivity index (χ0v) is 12.5. The summed E-state index contributed by atoms with van der Waals surface area (Å²) in [6, 6.07) is 0.235. The average molecular weight is 269 g/mol. The summed E-state index contributed by atoms with van der Waals surface area (Å²) in [4.78, 5) is 14.7. The minimum Gasteiger partial charge on any atom is -0.409 e. The molecule has 0 aromatic rings. The van der Waals surface area contributed by atoms with E-state index in [1.165, 1.54) is 0 Å². The van der Waals surface area contributed by atoms with Crippen molar-refractivity contribution in [3.63, 3.8) is 0 Å². The molecule has 0 unspecified atom stereocenters. The van der Waals surface area contributed by atoms with Crippen LogP contribution in [0.3, 0.4) is 0 Å². The number of carbonyl (C=O) groups is 1. The first-order valence-corrected chi connectivity index (χ1v) is 7.22. The molecule has 1 rings (SSSR count). The molecule has 1 amide bonds. The summed E-state index contributed by atoms with van der Waals surface area (Å²) in [5, 5.41) is 11.9. The van der Waals surface area contributed by atoms with Crippen molar-refractivity contribution in [1.82, 2.24) is 4.90 Å². The first-order chi connectivity index (χ1) is 8.92. The predicted octanol–water partition coefficient (Wildman–Crippen LogP) is 2.19. The Kier molecular flexibility index (Phi) is 5.20. The lowest BCUT2D eigenvalue weighted by atomic mass is 9.99. The molecule has 5 nitrogen and oxygen atoms in total. The minimum absolute atomic E-state index is 0.0326. The van der Waals surface area contributed by atoms with Crippen LogP contribution in [-0.2, 0) is 4.79 Å². The molecule has 0 heterocycles. The maximum Gasteiger partial charge on any atom is 0.236 e. The Morgan fingerprint density at radius 1 is 1.37 bits per heavy atom. The Balaban J connectivity index is 2.95. The number of hydrogen-bond donors (Lipinski definition) is 2. The summed E-state index contributed by atoms with van der Waals surface area (Å²) in [5.74, 6) is 0.509. The van der Waals surface area contributed by atoms with Gasteiger partial charge in [0.05, 0.1) is 0 Å². The first-order valence-electron chi connectivity index (χ1n) is 7.22. The third-order valence-corrected chi connectivity index (χ3v) is 3.96. The molecule has 5 heteroatoms. The molecule has 0 radical (unpaired) electrons. The highest BCUT2D eigenvalue weighted by atomic mass is 16.4. The van der Waals surface area contributed by atoms with Crippen LogP contribution in [0.2, 0.25) is 0 Å². The van der Waals surface area contributed by atoms with Gasteiger partial charge < -0.3 is 15.8 Å². The Morgan fingerprint density at radius 2 is 1.89 bits per heavy atom. The maximum absolute atomic E-state index is 12.8. The van der Waals surface area contributed by atoms with Gasteiger partial charge in [-0.3, -0.25) is 4.79 Å². The molecule has 0 spiro atoms. The fourth-order valence-corrected chi connectivity index (χ4v) is 2.60. The molecule has 1 fully saturated rings. The van der Waals surface area contributed by atoms with E-state index in [9.17, 15) is 4.79 Å². The van der Waals surface area contributed by atoms with Gasteiger partial charge in [0.25, 0.3) is 0 Å². The van der Waals surface area contributed by atoms with Gasteiger partial charge in [-0.1, -0.05) is 32.9 Å². The normalized spacial score (nSPS) is 17.9. The number of oxime groups is 1. The van der Waals surface area contributed by atoms with E-state index in [0.29, 0.717) is 18.8 Å². The number of amides is 1. The number of nitrogens with two attached hydrogens (primary N) is 1. The van der Waals surface area contributed by atoms with Gasteiger partial charge in [-0.05, 0) is 31.6 Å². The van der Waals surface area contributed by atoms with Crippen LogP contribution >= 0.6 is 0 Å². The number of amidine groups is 1. The topological polar surface area (TPSA) is 78.9 Å². The smallest absolute Gasteiger partial charge is 0.236 e. The molecule has 0 bridgehead atoms. The summed E-state index contributed by atoms with van der Waals surface area (Å²) in [6.45, 7) is 9.12. The van der Waals surface area contributed by atoms with Crippen molar-refractivity contribution in [2.24, 2.45) is 22.2 Å². The second-order valence-electron chi connectivity index (χ2n) is 5.89. The molecule has 1 aliphatic carbocycles. The van der Waals surface area contributed by atoms with E-state index in [4.69, 9.17) is 10.9 Å². The van der Waals surface area contributed by atoms with Crippen LogP contribution in [0.4, 0.5) is 0 Å². The molecule has 19 heavy (non-hydrogen) atoms. The Bertz CT molecular complexity index is 345. The van der Waals surface area contributed by atoms with Gasteiger partial charge in [0.2, 0.25) is 5.91 Å². The standard InChI is InChI=1S/C14H27N3O2/c1-5-11(6-2)17(9-10(3)4)13(18)14(7-8-14)12(15)16-19/h10-11,19H,5-9H2,1-4H3,(H2,15,16). The summed E-state index contributed by atoms with van der Waals surface area (Å²) in [7, 11) is 0. The Labute approximate surface area is 115 Å². The van der Waals surface area contributed by atoms with Crippen molar-refractivity contribution in [1.29, 1.82) is 0 Å². The second-order valence-corrected chi connectivity index (χ2v) is 5.89. The van der Waals surface area contributed by atoms with Crippen molar-refractivity contribution in [3.05, 3.63) is 0 Å². The van der Waals surface area contributed by atoms with Crippen LogP contribution in [0.1, 0.15) is 53.4 Å². The van der Waals surface area contributed by atoms with Crippen molar-refractivity contribution in [3.8, 4) is 0 Å². The molecule has 0 atom stereocenters. The highest BCUT2D eigenvalue weighted by Crippen LogP contribution is 2.48. The van der Waals surface area contributed by atoms with Gasteiger partial charge >= 0.3 is 0 Å². The molecule has 1 aliphatic rings. The van der Waals surface area contributed by atoms with E-state index in [1.54, 1.807) is 0 Å². The molecule has 0 aromatic carbocycles. The van der Waals surface area contributed by atoms with Gasteiger partial charge in [-0.2, -0.15) is 0 Å². The highest BCUT2D eigenvalue weighted by molar-refractivity contribution is 6.09.